The second-order valence-corrected chi connectivity index (χ2v) is 7.13. The summed E-state index contributed by atoms with van der Waals surface area (Å²) >= 11 is 3.29. The van der Waals surface area contributed by atoms with Crippen LogP contribution in [0.5, 0.6) is 0 Å². The van der Waals surface area contributed by atoms with Crippen LogP contribution in [-0.2, 0) is 9.47 Å². The summed E-state index contributed by atoms with van der Waals surface area (Å²) in [5, 5.41) is 19.2. The first kappa shape index (κ1) is 13.7. The molecule has 0 bridgehead atoms. The molecule has 0 saturated carbocycles. The van der Waals surface area contributed by atoms with E-state index in [1.165, 1.54) is 9.79 Å². The lowest BCUT2D eigenvalue weighted by atomic mass is 10.1. The van der Waals surface area contributed by atoms with Crippen molar-refractivity contribution in [3.8, 4) is 0 Å². The fraction of sp³-hybridized carbons (Fsp3) is 0.538. The second-order valence-electron chi connectivity index (χ2n) is 4.62. The summed E-state index contributed by atoms with van der Waals surface area (Å²) < 4.78 is 11.4. The lowest BCUT2D eigenvalue weighted by Gasteiger charge is -2.21. The number of hydrogen-bond acceptors (Lipinski definition) is 6. The number of aliphatic hydroxyl groups is 2. The third-order valence-electron chi connectivity index (χ3n) is 3.31. The number of thioether (sulfide) groups is 2. The van der Waals surface area contributed by atoms with Crippen LogP contribution in [0.15, 0.2) is 34.1 Å². The minimum absolute atomic E-state index is 0.0689. The minimum atomic E-state index is -0.773. The molecule has 2 aliphatic rings. The monoisotopic (exact) mass is 300 g/mol. The van der Waals surface area contributed by atoms with E-state index in [4.69, 9.17) is 14.6 Å². The first-order chi connectivity index (χ1) is 9.19. The summed E-state index contributed by atoms with van der Waals surface area (Å²) in [5.41, 5.74) is 0. The van der Waals surface area contributed by atoms with E-state index in [0.29, 0.717) is 0 Å². The Morgan fingerprint density at radius 1 is 1.26 bits per heavy atom. The smallest absolute Gasteiger partial charge is 0.159 e. The van der Waals surface area contributed by atoms with Gasteiger partial charge in [-0.2, -0.15) is 0 Å². The molecule has 6 heteroatoms. The highest BCUT2D eigenvalue weighted by Crippen LogP contribution is 2.49. The molecule has 0 amide bonds. The van der Waals surface area contributed by atoms with Gasteiger partial charge in [-0.3, -0.25) is 0 Å². The van der Waals surface area contributed by atoms with Crippen LogP contribution >= 0.6 is 23.5 Å². The quantitative estimate of drug-likeness (QED) is 0.886. The van der Waals surface area contributed by atoms with E-state index in [1.54, 1.807) is 23.5 Å². The summed E-state index contributed by atoms with van der Waals surface area (Å²) in [5.74, 6) is 0. The van der Waals surface area contributed by atoms with E-state index < -0.39 is 18.3 Å². The van der Waals surface area contributed by atoms with E-state index in [1.807, 2.05) is 19.1 Å². The zero-order chi connectivity index (χ0) is 13.4. The average molecular weight is 300 g/mol. The fourth-order valence-electron chi connectivity index (χ4n) is 2.33. The van der Waals surface area contributed by atoms with Crippen molar-refractivity contribution < 1.29 is 19.7 Å². The summed E-state index contributed by atoms with van der Waals surface area (Å²) in [6.07, 6.45) is -1.92. The molecule has 1 aromatic carbocycles. The summed E-state index contributed by atoms with van der Waals surface area (Å²) in [6, 6.07) is 8.15. The van der Waals surface area contributed by atoms with Crippen LogP contribution in [0.25, 0.3) is 0 Å². The number of ether oxygens (including phenoxy) is 2. The summed E-state index contributed by atoms with van der Waals surface area (Å²) in [4.78, 5) is 2.41. The van der Waals surface area contributed by atoms with Crippen LogP contribution in [0, 0.1) is 0 Å². The van der Waals surface area contributed by atoms with Gasteiger partial charge < -0.3 is 19.7 Å². The number of fused-ring (bicyclic) bond motifs is 1. The highest BCUT2D eigenvalue weighted by molar-refractivity contribution is 8.19. The van der Waals surface area contributed by atoms with Crippen LogP contribution in [0.2, 0.25) is 0 Å². The SMILES string of the molecule is C[C@@H]1O[C@H](CO)C(O)C1OC1Sc2ccccc2S1. The van der Waals surface area contributed by atoms with Crippen molar-refractivity contribution in [2.24, 2.45) is 0 Å². The van der Waals surface area contributed by atoms with Crippen LogP contribution in [0.4, 0.5) is 0 Å². The molecule has 2 unspecified atom stereocenters. The van der Waals surface area contributed by atoms with Crippen LogP contribution in [0.3, 0.4) is 0 Å². The number of rotatable bonds is 3. The molecule has 0 aromatic heterocycles. The van der Waals surface area contributed by atoms with Gasteiger partial charge in [0.15, 0.2) is 4.77 Å². The Hall–Kier alpha value is -0.240. The van der Waals surface area contributed by atoms with Crippen molar-refractivity contribution in [3.63, 3.8) is 0 Å². The fourth-order valence-corrected chi connectivity index (χ4v) is 4.89. The van der Waals surface area contributed by atoms with Crippen molar-refractivity contribution >= 4 is 23.5 Å². The predicted octanol–water partition coefficient (Wildman–Crippen LogP) is 1.69. The zero-order valence-electron chi connectivity index (χ0n) is 10.4. The molecule has 4 nitrogen and oxygen atoms in total. The molecule has 3 rings (SSSR count). The molecule has 19 heavy (non-hydrogen) atoms. The minimum Gasteiger partial charge on any atom is -0.394 e. The third-order valence-corrected chi connectivity index (χ3v) is 5.85. The molecule has 104 valence electrons. The molecule has 2 heterocycles. The Balaban J connectivity index is 1.65. The van der Waals surface area contributed by atoms with E-state index in [-0.39, 0.29) is 17.5 Å². The van der Waals surface area contributed by atoms with Crippen LogP contribution in [0.1, 0.15) is 6.92 Å². The standard InChI is InChI=1S/C13H16O4S2/c1-7-12(11(15)8(6-14)16-7)17-13-18-9-4-2-3-5-10(9)19-13/h2-5,7-8,11-15H,6H2,1H3/t7-,8+,11?,12?/m0/s1. The van der Waals surface area contributed by atoms with Crippen molar-refractivity contribution in [3.05, 3.63) is 24.3 Å². The van der Waals surface area contributed by atoms with Crippen LogP contribution < -0.4 is 0 Å². The molecule has 1 aromatic rings. The van der Waals surface area contributed by atoms with Crippen molar-refractivity contribution in [2.45, 2.75) is 45.9 Å². The molecular formula is C13H16O4S2. The molecule has 2 N–H and O–H groups in total. The predicted molar refractivity (Wildman–Crippen MR) is 74.2 cm³/mol. The normalized spacial score (nSPS) is 34.7. The maximum Gasteiger partial charge on any atom is 0.159 e. The lowest BCUT2D eigenvalue weighted by Crippen LogP contribution is -2.36. The van der Waals surface area contributed by atoms with Gasteiger partial charge in [-0.15, -0.1) is 0 Å². The van der Waals surface area contributed by atoms with E-state index in [0.717, 1.165) is 0 Å². The van der Waals surface area contributed by atoms with Gasteiger partial charge in [0, 0.05) is 9.79 Å². The largest absolute Gasteiger partial charge is 0.394 e. The average Bonchev–Trinajstić information content (AvgIpc) is 2.94. The summed E-state index contributed by atoms with van der Waals surface area (Å²) in [6.45, 7) is 1.68. The maximum absolute atomic E-state index is 10.1. The third kappa shape index (κ3) is 2.66. The van der Waals surface area contributed by atoms with Crippen molar-refractivity contribution in [2.75, 3.05) is 6.61 Å². The summed E-state index contributed by atoms with van der Waals surface area (Å²) in [7, 11) is 0. The van der Waals surface area contributed by atoms with Gasteiger partial charge in [0.25, 0.3) is 0 Å². The van der Waals surface area contributed by atoms with Gasteiger partial charge in [0.05, 0.1) is 12.7 Å². The van der Waals surface area contributed by atoms with E-state index in [2.05, 4.69) is 12.1 Å². The first-order valence-corrected chi connectivity index (χ1v) is 7.97. The molecule has 0 aliphatic carbocycles. The molecule has 4 atom stereocenters. The topological polar surface area (TPSA) is 58.9 Å². The highest BCUT2D eigenvalue weighted by Gasteiger charge is 2.43. The van der Waals surface area contributed by atoms with Gasteiger partial charge in [-0.05, 0) is 19.1 Å². The van der Waals surface area contributed by atoms with Crippen LogP contribution in [-0.4, -0.2) is 46.0 Å². The molecule has 1 saturated heterocycles. The lowest BCUT2D eigenvalue weighted by molar-refractivity contribution is -0.0215. The van der Waals surface area contributed by atoms with Gasteiger partial charge >= 0.3 is 0 Å². The zero-order valence-corrected chi connectivity index (χ0v) is 12.1. The second kappa shape index (κ2) is 5.63. The van der Waals surface area contributed by atoms with Gasteiger partial charge in [0.1, 0.15) is 18.3 Å². The van der Waals surface area contributed by atoms with Crippen molar-refractivity contribution in [1.82, 2.24) is 0 Å². The molecule has 0 radical (unpaired) electrons. The van der Waals surface area contributed by atoms with Gasteiger partial charge in [0.2, 0.25) is 0 Å². The number of hydrogen-bond donors (Lipinski definition) is 2. The molecular weight excluding hydrogens is 284 g/mol. The highest BCUT2D eigenvalue weighted by atomic mass is 32.2. The Bertz CT molecular complexity index is 431. The Morgan fingerprint density at radius 2 is 1.89 bits per heavy atom. The van der Waals surface area contributed by atoms with E-state index >= 15 is 0 Å². The molecule has 0 spiro atoms. The Morgan fingerprint density at radius 3 is 2.42 bits per heavy atom. The Kier molecular flexibility index (Phi) is 4.07. The van der Waals surface area contributed by atoms with E-state index in [9.17, 15) is 5.11 Å². The van der Waals surface area contributed by atoms with Gasteiger partial charge in [-0.25, -0.2) is 0 Å². The van der Waals surface area contributed by atoms with Crippen molar-refractivity contribution in [1.29, 1.82) is 0 Å². The molecule has 1 fully saturated rings. The maximum atomic E-state index is 10.1. The van der Waals surface area contributed by atoms with Gasteiger partial charge in [-0.1, -0.05) is 35.7 Å². The first-order valence-electron chi connectivity index (χ1n) is 6.21. The number of aliphatic hydroxyl groups excluding tert-OH is 2. The Labute approximate surface area is 120 Å². The number of benzene rings is 1. The molecule has 2 aliphatic heterocycles.